The number of rotatable bonds is 3. The van der Waals surface area contributed by atoms with Crippen LogP contribution in [0.3, 0.4) is 0 Å². The van der Waals surface area contributed by atoms with Gasteiger partial charge >= 0.3 is 0 Å². The number of hydrogen-bond acceptors (Lipinski definition) is 3. The van der Waals surface area contributed by atoms with E-state index in [1.807, 2.05) is 0 Å². The minimum Gasteiger partial charge on any atom is -0.326 e. The van der Waals surface area contributed by atoms with E-state index in [0.717, 1.165) is 5.56 Å². The number of guanidine groups is 1. The van der Waals surface area contributed by atoms with E-state index in [1.54, 1.807) is 29.4 Å². The van der Waals surface area contributed by atoms with Crippen molar-refractivity contribution in [3.05, 3.63) is 39.2 Å². The van der Waals surface area contributed by atoms with Gasteiger partial charge in [0.05, 0.1) is 6.54 Å². The fourth-order valence-electron chi connectivity index (χ4n) is 1.40. The first-order chi connectivity index (χ1) is 8.15. The Morgan fingerprint density at radius 2 is 2.41 bits per heavy atom. The number of aromatic nitrogens is 1. The van der Waals surface area contributed by atoms with Crippen LogP contribution >= 0.6 is 11.6 Å². The van der Waals surface area contributed by atoms with Crippen LogP contribution in [0.15, 0.2) is 28.4 Å². The first-order valence-corrected chi connectivity index (χ1v) is 5.14. The first-order valence-electron chi connectivity index (χ1n) is 4.76. The Morgan fingerprint density at radius 1 is 1.59 bits per heavy atom. The van der Waals surface area contributed by atoms with Crippen molar-refractivity contribution in [2.75, 3.05) is 6.54 Å². The second-order valence-corrected chi connectivity index (χ2v) is 3.71. The molecule has 0 fully saturated rings. The van der Waals surface area contributed by atoms with Crippen molar-refractivity contribution in [3.8, 4) is 0 Å². The highest BCUT2D eigenvalue weighted by Gasteiger charge is 2.18. The second kappa shape index (κ2) is 4.88. The molecule has 0 atom stereocenters. The molecule has 0 bridgehead atoms. The average molecular weight is 254 g/mol. The molecule has 7 nitrogen and oxygen atoms in total. The summed E-state index contributed by atoms with van der Waals surface area (Å²) in [6, 6.07) is 3.47. The van der Waals surface area contributed by atoms with Gasteiger partial charge in [0.1, 0.15) is 10.3 Å². The van der Waals surface area contributed by atoms with Crippen molar-refractivity contribution in [3.63, 3.8) is 0 Å². The van der Waals surface area contributed by atoms with Crippen LogP contribution in [-0.4, -0.2) is 33.6 Å². The van der Waals surface area contributed by atoms with E-state index in [1.165, 1.54) is 0 Å². The summed E-state index contributed by atoms with van der Waals surface area (Å²) in [7, 11) is 0. The van der Waals surface area contributed by atoms with E-state index >= 15 is 0 Å². The fraction of sp³-hybridized carbons (Fsp3) is 0.222. The summed E-state index contributed by atoms with van der Waals surface area (Å²) < 4.78 is 0. The Morgan fingerprint density at radius 3 is 3.06 bits per heavy atom. The van der Waals surface area contributed by atoms with Crippen LogP contribution in [0.4, 0.5) is 0 Å². The molecule has 0 spiro atoms. The highest BCUT2D eigenvalue weighted by Crippen LogP contribution is 2.10. The molecule has 17 heavy (non-hydrogen) atoms. The summed E-state index contributed by atoms with van der Waals surface area (Å²) in [5.41, 5.74) is 0.885. The number of nitrogens with zero attached hydrogens (tertiary/aromatic N) is 5. The molecule has 2 rings (SSSR count). The van der Waals surface area contributed by atoms with Gasteiger partial charge in [0, 0.05) is 19.0 Å². The summed E-state index contributed by atoms with van der Waals surface area (Å²) in [5, 5.41) is 13.1. The molecule has 1 aliphatic heterocycles. The van der Waals surface area contributed by atoms with Gasteiger partial charge in [-0.2, -0.15) is 0 Å². The Kier molecular flexibility index (Phi) is 3.29. The van der Waals surface area contributed by atoms with E-state index in [4.69, 9.17) is 11.6 Å². The molecule has 0 saturated heterocycles. The molecule has 2 heterocycles. The predicted octanol–water partition coefficient (Wildman–Crippen LogP) is 1.17. The molecule has 1 aromatic rings. The molecule has 8 heteroatoms. The van der Waals surface area contributed by atoms with Gasteiger partial charge in [0.2, 0.25) is 0 Å². The number of hydrazone groups is 1. The number of aliphatic imine (C=N–C) groups is 1. The summed E-state index contributed by atoms with van der Waals surface area (Å²) in [5.74, 6) is 0.102. The molecule has 0 aliphatic carbocycles. The normalized spacial score (nSPS) is 16.8. The lowest BCUT2D eigenvalue weighted by Gasteiger charge is -2.14. The molecular formula is C9H8ClN5O2. The maximum Gasteiger partial charge on any atom is 0.297 e. The lowest BCUT2D eigenvalue weighted by atomic mass is 10.3. The Balaban J connectivity index is 2.09. The Hall–Kier alpha value is -2.02. The summed E-state index contributed by atoms with van der Waals surface area (Å²) in [4.78, 5) is 19.7. The van der Waals surface area contributed by atoms with Crippen molar-refractivity contribution in [1.82, 2.24) is 9.88 Å². The van der Waals surface area contributed by atoms with Crippen LogP contribution in [0.2, 0.25) is 5.15 Å². The van der Waals surface area contributed by atoms with E-state index < -0.39 is 5.03 Å². The predicted molar refractivity (Wildman–Crippen MR) is 62.6 cm³/mol. The molecule has 0 unspecified atom stereocenters. The molecule has 0 N–H and O–H groups in total. The van der Waals surface area contributed by atoms with Crippen LogP contribution in [0, 0.1) is 10.1 Å². The number of nitro groups is 1. The molecule has 1 aromatic heterocycles. The molecule has 88 valence electrons. The highest BCUT2D eigenvalue weighted by molar-refractivity contribution is 6.29. The average Bonchev–Trinajstić information content (AvgIpc) is 2.68. The van der Waals surface area contributed by atoms with Crippen molar-refractivity contribution >= 4 is 23.8 Å². The maximum atomic E-state index is 10.3. The quantitative estimate of drug-likeness (QED) is 0.460. The number of halogens is 1. The summed E-state index contributed by atoms with van der Waals surface area (Å²) in [6.07, 6.45) is 3.19. The third-order valence-electron chi connectivity index (χ3n) is 2.12. The van der Waals surface area contributed by atoms with Crippen molar-refractivity contribution in [2.24, 2.45) is 10.1 Å². The van der Waals surface area contributed by atoms with Crippen LogP contribution in [0.25, 0.3) is 0 Å². The van der Waals surface area contributed by atoms with Gasteiger partial charge in [-0.3, -0.25) is 0 Å². The zero-order valence-electron chi connectivity index (χ0n) is 8.65. The van der Waals surface area contributed by atoms with Gasteiger partial charge in [-0.15, -0.1) is 0 Å². The smallest absolute Gasteiger partial charge is 0.297 e. The minimum absolute atomic E-state index is 0.102. The topological polar surface area (TPSA) is 84.0 Å². The largest absolute Gasteiger partial charge is 0.326 e. The molecule has 0 amide bonds. The zero-order valence-corrected chi connectivity index (χ0v) is 9.41. The van der Waals surface area contributed by atoms with Crippen molar-refractivity contribution in [1.29, 1.82) is 0 Å². The number of pyridine rings is 1. The Labute approximate surface area is 102 Å². The van der Waals surface area contributed by atoms with Crippen LogP contribution in [0.1, 0.15) is 5.56 Å². The van der Waals surface area contributed by atoms with Crippen LogP contribution in [0.5, 0.6) is 0 Å². The number of hydrogen-bond donors (Lipinski definition) is 0. The Bertz CT molecular complexity index is 485. The van der Waals surface area contributed by atoms with Crippen molar-refractivity contribution < 1.29 is 5.03 Å². The molecule has 0 radical (unpaired) electrons. The van der Waals surface area contributed by atoms with Crippen LogP contribution < -0.4 is 0 Å². The third kappa shape index (κ3) is 2.97. The molecule has 1 aliphatic rings. The monoisotopic (exact) mass is 253 g/mol. The van der Waals surface area contributed by atoms with Gasteiger partial charge in [0.25, 0.3) is 5.96 Å². The molecule has 0 saturated carbocycles. The van der Waals surface area contributed by atoms with E-state index in [0.29, 0.717) is 18.2 Å². The molecule has 0 aromatic carbocycles. The first kappa shape index (κ1) is 11.5. The van der Waals surface area contributed by atoms with Crippen molar-refractivity contribution in [2.45, 2.75) is 6.54 Å². The van der Waals surface area contributed by atoms with Gasteiger partial charge in [0.15, 0.2) is 5.03 Å². The third-order valence-corrected chi connectivity index (χ3v) is 2.35. The zero-order chi connectivity index (χ0) is 12.3. The van der Waals surface area contributed by atoms with Crippen LogP contribution in [-0.2, 0) is 6.54 Å². The molecular weight excluding hydrogens is 246 g/mol. The highest BCUT2D eigenvalue weighted by atomic mass is 35.5. The van der Waals surface area contributed by atoms with E-state index in [9.17, 15) is 10.1 Å². The minimum atomic E-state index is -0.759. The summed E-state index contributed by atoms with van der Waals surface area (Å²) in [6.45, 7) is 0.951. The van der Waals surface area contributed by atoms with Gasteiger partial charge in [-0.25, -0.2) is 20.1 Å². The van der Waals surface area contributed by atoms with Gasteiger partial charge in [-0.05, 0) is 11.6 Å². The second-order valence-electron chi connectivity index (χ2n) is 3.32. The van der Waals surface area contributed by atoms with E-state index in [-0.39, 0.29) is 5.96 Å². The lowest BCUT2D eigenvalue weighted by Crippen LogP contribution is -2.26. The van der Waals surface area contributed by atoms with E-state index in [2.05, 4.69) is 15.1 Å². The lowest BCUT2D eigenvalue weighted by molar-refractivity contribution is -0.485. The maximum absolute atomic E-state index is 10.3. The van der Waals surface area contributed by atoms with Gasteiger partial charge in [-0.1, -0.05) is 17.7 Å². The summed E-state index contributed by atoms with van der Waals surface area (Å²) >= 11 is 5.66. The SMILES string of the molecule is O=[N+]([O-])N=C1N=CCN1Cc1ccc(Cl)nc1. The fourth-order valence-corrected chi connectivity index (χ4v) is 1.51. The standard InChI is InChI=1S/C9H8ClN5O2/c10-8-2-1-7(5-12-8)6-14-4-3-11-9(14)13-15(16)17/h1-3,5H,4,6H2. The van der Waals surface area contributed by atoms with Gasteiger partial charge < -0.3 is 4.90 Å².